The number of hydrogen-bond donors (Lipinski definition) is 2. The molecule has 4 rings (SSSR count). The molecule has 0 unspecified atom stereocenters. The van der Waals surface area contributed by atoms with Crippen LogP contribution in [0, 0.1) is 0 Å². The third kappa shape index (κ3) is 2.65. The van der Waals surface area contributed by atoms with Gasteiger partial charge in [-0.15, -0.1) is 0 Å². The SMILES string of the molecule is N[C@@H]1c2ccccc2C[C@H]1NC(=O)c1coc(C2CCCC2)n1. The Balaban J connectivity index is 1.45. The van der Waals surface area contributed by atoms with Crippen molar-refractivity contribution in [1.82, 2.24) is 10.3 Å². The molecule has 120 valence electrons. The summed E-state index contributed by atoms with van der Waals surface area (Å²) in [5.41, 5.74) is 8.94. The molecule has 1 fully saturated rings. The summed E-state index contributed by atoms with van der Waals surface area (Å²) < 4.78 is 5.52. The van der Waals surface area contributed by atoms with Gasteiger partial charge in [0.2, 0.25) is 0 Å². The molecule has 1 heterocycles. The normalized spacial score (nSPS) is 23.9. The molecule has 0 radical (unpaired) electrons. The Morgan fingerprint density at radius 3 is 2.83 bits per heavy atom. The summed E-state index contributed by atoms with van der Waals surface area (Å²) in [5.74, 6) is 0.868. The second kappa shape index (κ2) is 5.81. The van der Waals surface area contributed by atoms with Crippen molar-refractivity contribution in [1.29, 1.82) is 0 Å². The van der Waals surface area contributed by atoms with Crippen molar-refractivity contribution in [2.24, 2.45) is 5.73 Å². The van der Waals surface area contributed by atoms with E-state index in [0.29, 0.717) is 17.5 Å². The highest BCUT2D eigenvalue weighted by Crippen LogP contribution is 2.33. The first-order valence-electron chi connectivity index (χ1n) is 8.32. The molecule has 1 aromatic carbocycles. The molecule has 1 aromatic heterocycles. The van der Waals surface area contributed by atoms with Gasteiger partial charge in [0.05, 0.1) is 12.1 Å². The van der Waals surface area contributed by atoms with E-state index in [2.05, 4.69) is 16.4 Å². The Hall–Kier alpha value is -2.14. The lowest BCUT2D eigenvalue weighted by atomic mass is 10.1. The van der Waals surface area contributed by atoms with Crippen LogP contribution in [0.3, 0.4) is 0 Å². The highest BCUT2D eigenvalue weighted by molar-refractivity contribution is 5.92. The summed E-state index contributed by atoms with van der Waals surface area (Å²) in [5, 5.41) is 3.01. The third-order valence-electron chi connectivity index (χ3n) is 5.06. The largest absolute Gasteiger partial charge is 0.448 e. The molecule has 0 spiro atoms. The van der Waals surface area contributed by atoms with Crippen molar-refractivity contribution >= 4 is 5.91 Å². The molecular weight excluding hydrogens is 290 g/mol. The number of aromatic nitrogens is 1. The van der Waals surface area contributed by atoms with E-state index >= 15 is 0 Å². The summed E-state index contributed by atoms with van der Waals surface area (Å²) in [6.45, 7) is 0. The highest BCUT2D eigenvalue weighted by atomic mass is 16.3. The van der Waals surface area contributed by atoms with Gasteiger partial charge in [-0.25, -0.2) is 4.98 Å². The fraction of sp³-hybridized carbons (Fsp3) is 0.444. The van der Waals surface area contributed by atoms with Crippen molar-refractivity contribution in [2.45, 2.75) is 50.1 Å². The number of nitrogens with zero attached hydrogens (tertiary/aromatic N) is 1. The Morgan fingerprint density at radius 2 is 2.04 bits per heavy atom. The summed E-state index contributed by atoms with van der Waals surface area (Å²) in [6, 6.07) is 7.81. The third-order valence-corrected chi connectivity index (χ3v) is 5.06. The first kappa shape index (κ1) is 14.5. The number of hydrogen-bond acceptors (Lipinski definition) is 4. The van der Waals surface area contributed by atoms with Crippen LogP contribution >= 0.6 is 0 Å². The van der Waals surface area contributed by atoms with Gasteiger partial charge in [0.1, 0.15) is 6.26 Å². The van der Waals surface area contributed by atoms with Crippen molar-refractivity contribution < 1.29 is 9.21 Å². The highest BCUT2D eigenvalue weighted by Gasteiger charge is 2.31. The van der Waals surface area contributed by atoms with Crippen LogP contribution in [0.15, 0.2) is 34.9 Å². The maximum Gasteiger partial charge on any atom is 0.273 e. The van der Waals surface area contributed by atoms with Crippen LogP contribution in [0.5, 0.6) is 0 Å². The number of benzene rings is 1. The molecular formula is C18H21N3O2. The molecule has 2 atom stereocenters. The Morgan fingerprint density at radius 1 is 1.26 bits per heavy atom. The molecule has 2 aliphatic carbocycles. The van der Waals surface area contributed by atoms with Gasteiger partial charge in [-0.05, 0) is 30.4 Å². The van der Waals surface area contributed by atoms with E-state index in [1.807, 2.05) is 18.2 Å². The van der Waals surface area contributed by atoms with Gasteiger partial charge in [-0.1, -0.05) is 37.1 Å². The van der Waals surface area contributed by atoms with Gasteiger partial charge in [-0.3, -0.25) is 4.79 Å². The molecule has 5 heteroatoms. The lowest BCUT2D eigenvalue weighted by Gasteiger charge is -2.17. The number of fused-ring (bicyclic) bond motifs is 1. The number of rotatable bonds is 3. The van der Waals surface area contributed by atoms with E-state index < -0.39 is 0 Å². The zero-order valence-electron chi connectivity index (χ0n) is 13.0. The number of nitrogens with one attached hydrogen (secondary N) is 1. The van der Waals surface area contributed by atoms with E-state index in [0.717, 1.165) is 24.8 Å². The van der Waals surface area contributed by atoms with Crippen LogP contribution < -0.4 is 11.1 Å². The number of carbonyl (C=O) groups is 1. The summed E-state index contributed by atoms with van der Waals surface area (Å²) in [7, 11) is 0. The Kier molecular flexibility index (Phi) is 3.65. The van der Waals surface area contributed by atoms with Crippen molar-refractivity contribution in [3.05, 3.63) is 53.2 Å². The predicted molar refractivity (Wildman–Crippen MR) is 86.0 cm³/mol. The molecule has 2 aliphatic rings. The molecule has 23 heavy (non-hydrogen) atoms. The summed E-state index contributed by atoms with van der Waals surface area (Å²) in [6.07, 6.45) is 6.86. The Bertz CT molecular complexity index is 719. The predicted octanol–water partition coefficient (Wildman–Crippen LogP) is 2.69. The molecule has 0 bridgehead atoms. The molecule has 1 amide bonds. The Labute approximate surface area is 135 Å². The molecule has 0 saturated heterocycles. The molecule has 1 saturated carbocycles. The van der Waals surface area contributed by atoms with Crippen LogP contribution in [0.1, 0.15) is 65.1 Å². The zero-order chi connectivity index (χ0) is 15.8. The minimum Gasteiger partial charge on any atom is -0.448 e. The number of nitrogens with two attached hydrogens (primary N) is 1. The maximum atomic E-state index is 12.4. The second-order valence-corrected chi connectivity index (χ2v) is 6.56. The molecule has 3 N–H and O–H groups in total. The zero-order valence-corrected chi connectivity index (χ0v) is 13.0. The standard InChI is InChI=1S/C18H21N3O2/c19-16-13-8-4-3-7-12(13)9-14(16)20-17(22)15-10-23-18(21-15)11-5-1-2-6-11/h3-4,7-8,10-11,14,16H,1-2,5-6,9,19H2,(H,20,22)/t14-,16-/m1/s1. The minimum absolute atomic E-state index is 0.0912. The number of carbonyl (C=O) groups excluding carboxylic acids is 1. The van der Waals surface area contributed by atoms with Gasteiger partial charge in [0.25, 0.3) is 5.91 Å². The van der Waals surface area contributed by atoms with E-state index in [9.17, 15) is 4.79 Å². The first-order valence-corrected chi connectivity index (χ1v) is 8.32. The van der Waals surface area contributed by atoms with E-state index in [1.165, 1.54) is 24.7 Å². The van der Waals surface area contributed by atoms with Crippen molar-refractivity contribution in [3.8, 4) is 0 Å². The van der Waals surface area contributed by atoms with E-state index in [1.54, 1.807) is 0 Å². The van der Waals surface area contributed by atoms with Crippen LogP contribution in [0.4, 0.5) is 0 Å². The van der Waals surface area contributed by atoms with Crippen LogP contribution in [-0.4, -0.2) is 16.9 Å². The van der Waals surface area contributed by atoms with Crippen LogP contribution in [0.2, 0.25) is 0 Å². The molecule has 5 nitrogen and oxygen atoms in total. The van der Waals surface area contributed by atoms with Gasteiger partial charge in [0, 0.05) is 5.92 Å². The van der Waals surface area contributed by atoms with Gasteiger partial charge < -0.3 is 15.5 Å². The van der Waals surface area contributed by atoms with E-state index in [-0.39, 0.29) is 18.0 Å². The summed E-state index contributed by atoms with van der Waals surface area (Å²) in [4.78, 5) is 16.8. The van der Waals surface area contributed by atoms with Crippen molar-refractivity contribution in [2.75, 3.05) is 0 Å². The van der Waals surface area contributed by atoms with Gasteiger partial charge >= 0.3 is 0 Å². The van der Waals surface area contributed by atoms with Crippen molar-refractivity contribution in [3.63, 3.8) is 0 Å². The average molecular weight is 311 g/mol. The number of oxazole rings is 1. The lowest BCUT2D eigenvalue weighted by Crippen LogP contribution is -2.40. The summed E-state index contributed by atoms with van der Waals surface area (Å²) >= 11 is 0. The van der Waals surface area contributed by atoms with Gasteiger partial charge in [-0.2, -0.15) is 0 Å². The van der Waals surface area contributed by atoms with Gasteiger partial charge in [0.15, 0.2) is 11.6 Å². The van der Waals surface area contributed by atoms with Crippen LogP contribution in [-0.2, 0) is 6.42 Å². The second-order valence-electron chi connectivity index (χ2n) is 6.56. The topological polar surface area (TPSA) is 81.1 Å². The van der Waals surface area contributed by atoms with Crippen LogP contribution in [0.25, 0.3) is 0 Å². The average Bonchev–Trinajstić information content (AvgIpc) is 3.28. The lowest BCUT2D eigenvalue weighted by molar-refractivity contribution is 0.0928. The molecule has 2 aromatic rings. The van der Waals surface area contributed by atoms with E-state index in [4.69, 9.17) is 10.2 Å². The monoisotopic (exact) mass is 311 g/mol. The first-order chi connectivity index (χ1) is 11.2. The fourth-order valence-corrected chi connectivity index (χ4v) is 3.76. The number of amides is 1. The maximum absolute atomic E-state index is 12.4. The smallest absolute Gasteiger partial charge is 0.273 e. The minimum atomic E-state index is -0.203. The molecule has 0 aliphatic heterocycles. The quantitative estimate of drug-likeness (QED) is 0.913. The fourth-order valence-electron chi connectivity index (χ4n) is 3.76.